The van der Waals surface area contributed by atoms with E-state index in [1.165, 1.54) is 0 Å². The summed E-state index contributed by atoms with van der Waals surface area (Å²) in [5.41, 5.74) is 1.86. The summed E-state index contributed by atoms with van der Waals surface area (Å²) in [6, 6.07) is 13.7. The van der Waals surface area contributed by atoms with Gasteiger partial charge in [-0.05, 0) is 49.2 Å². The monoisotopic (exact) mass is 298 g/mol. The number of ether oxygens (including phenoxy) is 2. The van der Waals surface area contributed by atoms with Crippen molar-refractivity contribution in [3.8, 4) is 11.5 Å². The summed E-state index contributed by atoms with van der Waals surface area (Å²) in [6.07, 6.45) is -1.99. The van der Waals surface area contributed by atoms with Gasteiger partial charge in [0.2, 0.25) is 0 Å². The molecule has 0 aliphatic carbocycles. The van der Waals surface area contributed by atoms with Crippen molar-refractivity contribution in [2.24, 2.45) is 10.2 Å². The zero-order valence-electron chi connectivity index (χ0n) is 12.1. The highest BCUT2D eigenvalue weighted by Crippen LogP contribution is 2.14. The van der Waals surface area contributed by atoms with Crippen molar-refractivity contribution in [1.82, 2.24) is 0 Å². The Bertz CT molecular complexity index is 664. The molecule has 0 bridgehead atoms. The van der Waals surface area contributed by atoms with Crippen LogP contribution in [0.25, 0.3) is 0 Å². The highest BCUT2D eigenvalue weighted by molar-refractivity contribution is 5.76. The number of carbonyl (C=O) groups is 2. The van der Waals surface area contributed by atoms with E-state index in [0.29, 0.717) is 11.5 Å². The normalized spacial score (nSPS) is 10.5. The van der Waals surface area contributed by atoms with Gasteiger partial charge < -0.3 is 9.47 Å². The predicted octanol–water partition coefficient (Wildman–Crippen LogP) is 4.45. The molecule has 0 aliphatic rings. The highest BCUT2D eigenvalue weighted by atomic mass is 16.6. The molecule has 0 radical (unpaired) electrons. The summed E-state index contributed by atoms with van der Waals surface area (Å²) in [5.74, 6) is 0.659. The third-order valence-corrected chi connectivity index (χ3v) is 2.60. The van der Waals surface area contributed by atoms with Gasteiger partial charge in [-0.2, -0.15) is 0 Å². The average molecular weight is 298 g/mol. The second kappa shape index (κ2) is 7.12. The van der Waals surface area contributed by atoms with Gasteiger partial charge in [0.1, 0.15) is 11.5 Å². The molecule has 112 valence electrons. The zero-order valence-corrected chi connectivity index (χ0v) is 12.1. The van der Waals surface area contributed by atoms with Gasteiger partial charge in [0.15, 0.2) is 0 Å². The Labute approximate surface area is 127 Å². The number of hydrogen-bond acceptors (Lipinski definition) is 4. The van der Waals surface area contributed by atoms with Crippen LogP contribution in [-0.2, 0) is 0 Å². The van der Waals surface area contributed by atoms with Gasteiger partial charge in [-0.1, -0.05) is 34.5 Å². The minimum absolute atomic E-state index is 0.330. The first-order chi connectivity index (χ1) is 10.5. The van der Waals surface area contributed by atoms with Crippen LogP contribution in [0.3, 0.4) is 0 Å². The third kappa shape index (κ3) is 4.82. The van der Waals surface area contributed by atoms with E-state index in [0.717, 1.165) is 11.1 Å². The Morgan fingerprint density at radius 3 is 1.55 bits per heavy atom. The van der Waals surface area contributed by atoms with Gasteiger partial charge in [0.05, 0.1) is 0 Å². The molecule has 0 saturated heterocycles. The number of hydrogen-bond donors (Lipinski definition) is 0. The molecule has 2 aromatic carbocycles. The summed E-state index contributed by atoms with van der Waals surface area (Å²) in [4.78, 5) is 22.9. The van der Waals surface area contributed by atoms with Crippen molar-refractivity contribution < 1.29 is 19.1 Å². The molecule has 0 fully saturated rings. The number of carbonyl (C=O) groups excluding carboxylic acids is 2. The van der Waals surface area contributed by atoms with Crippen molar-refractivity contribution >= 4 is 12.2 Å². The molecule has 2 aromatic rings. The van der Waals surface area contributed by atoms with Crippen molar-refractivity contribution in [3.05, 3.63) is 59.7 Å². The maximum absolute atomic E-state index is 11.4. The third-order valence-electron chi connectivity index (χ3n) is 2.60. The van der Waals surface area contributed by atoms with Crippen LogP contribution in [0, 0.1) is 13.8 Å². The van der Waals surface area contributed by atoms with E-state index in [9.17, 15) is 9.59 Å². The first-order valence-electron chi connectivity index (χ1n) is 6.51. The molecule has 0 saturated carbocycles. The van der Waals surface area contributed by atoms with Gasteiger partial charge in [-0.25, -0.2) is 9.59 Å². The van der Waals surface area contributed by atoms with E-state index in [4.69, 9.17) is 9.47 Å². The predicted molar refractivity (Wildman–Crippen MR) is 79.3 cm³/mol. The maximum atomic E-state index is 11.4. The molecular formula is C16H14N2O4. The molecule has 0 heterocycles. The van der Waals surface area contributed by atoms with E-state index in [2.05, 4.69) is 10.2 Å². The summed E-state index contributed by atoms with van der Waals surface area (Å²) in [7, 11) is 0. The summed E-state index contributed by atoms with van der Waals surface area (Å²) >= 11 is 0. The summed E-state index contributed by atoms with van der Waals surface area (Å²) in [6.45, 7) is 3.72. The van der Waals surface area contributed by atoms with E-state index in [1.807, 2.05) is 26.0 Å². The van der Waals surface area contributed by atoms with Crippen LogP contribution in [0.2, 0.25) is 0 Å². The topological polar surface area (TPSA) is 77.3 Å². The fourth-order valence-electron chi connectivity index (χ4n) is 1.68. The molecule has 0 atom stereocenters. The number of nitrogens with zero attached hydrogens (tertiary/aromatic N) is 2. The Kier molecular flexibility index (Phi) is 4.98. The molecule has 0 aromatic heterocycles. The first kappa shape index (κ1) is 15.4. The molecule has 0 aliphatic heterocycles. The largest absolute Gasteiger partial charge is 0.458 e. The van der Waals surface area contributed by atoms with Gasteiger partial charge >= 0.3 is 12.2 Å². The van der Waals surface area contributed by atoms with Crippen LogP contribution in [0.1, 0.15) is 11.1 Å². The van der Waals surface area contributed by atoms with Crippen molar-refractivity contribution in [2.75, 3.05) is 0 Å². The van der Waals surface area contributed by atoms with Crippen molar-refractivity contribution in [1.29, 1.82) is 0 Å². The van der Waals surface area contributed by atoms with Gasteiger partial charge in [-0.3, -0.25) is 0 Å². The van der Waals surface area contributed by atoms with Crippen molar-refractivity contribution in [3.63, 3.8) is 0 Å². The number of benzene rings is 2. The Hall–Kier alpha value is -3.02. The van der Waals surface area contributed by atoms with Gasteiger partial charge in [0, 0.05) is 0 Å². The van der Waals surface area contributed by atoms with Gasteiger partial charge in [0.25, 0.3) is 0 Å². The lowest BCUT2D eigenvalue weighted by atomic mass is 10.2. The van der Waals surface area contributed by atoms with Gasteiger partial charge in [-0.15, -0.1) is 0 Å². The molecule has 0 N–H and O–H groups in total. The Morgan fingerprint density at radius 1 is 0.773 bits per heavy atom. The van der Waals surface area contributed by atoms with E-state index in [1.54, 1.807) is 36.4 Å². The summed E-state index contributed by atoms with van der Waals surface area (Å²) < 4.78 is 9.82. The van der Waals surface area contributed by atoms with Crippen LogP contribution in [0.15, 0.2) is 58.8 Å². The zero-order chi connectivity index (χ0) is 15.9. The fraction of sp³-hybridized carbons (Fsp3) is 0.125. The second-order valence-electron chi connectivity index (χ2n) is 4.57. The molecular weight excluding hydrogens is 284 g/mol. The lowest BCUT2D eigenvalue weighted by Gasteiger charge is -2.01. The number of azo groups is 1. The minimum Gasteiger partial charge on any atom is -0.408 e. The number of rotatable bonds is 2. The summed E-state index contributed by atoms with van der Waals surface area (Å²) in [5, 5.41) is 6.31. The Balaban J connectivity index is 1.90. The number of amides is 2. The van der Waals surface area contributed by atoms with Crippen molar-refractivity contribution in [2.45, 2.75) is 13.8 Å². The molecule has 6 nitrogen and oxygen atoms in total. The second-order valence-corrected chi connectivity index (χ2v) is 4.57. The van der Waals surface area contributed by atoms with Crippen LogP contribution in [-0.4, -0.2) is 12.2 Å². The van der Waals surface area contributed by atoms with Crippen LogP contribution < -0.4 is 9.47 Å². The quantitative estimate of drug-likeness (QED) is 0.767. The number of aryl methyl sites for hydroxylation is 2. The van der Waals surface area contributed by atoms with Crippen LogP contribution in [0.5, 0.6) is 11.5 Å². The molecule has 0 spiro atoms. The van der Waals surface area contributed by atoms with E-state index in [-0.39, 0.29) is 0 Å². The molecule has 0 unspecified atom stereocenters. The standard InChI is InChI=1S/C16H14N2O4/c1-11-5-3-7-13(9-11)21-15(19)17-18-16(20)22-14-8-4-6-12(2)10-14/h3-10H,1-2H3. The molecule has 22 heavy (non-hydrogen) atoms. The fourth-order valence-corrected chi connectivity index (χ4v) is 1.68. The van der Waals surface area contributed by atoms with Crippen LogP contribution in [0.4, 0.5) is 9.59 Å². The maximum Gasteiger partial charge on any atom is 0.458 e. The van der Waals surface area contributed by atoms with E-state index >= 15 is 0 Å². The minimum atomic E-state index is -0.994. The van der Waals surface area contributed by atoms with Crippen LogP contribution >= 0.6 is 0 Å². The first-order valence-corrected chi connectivity index (χ1v) is 6.51. The molecule has 2 amide bonds. The lowest BCUT2D eigenvalue weighted by molar-refractivity contribution is 0.200. The molecule has 2 rings (SSSR count). The highest BCUT2D eigenvalue weighted by Gasteiger charge is 2.07. The lowest BCUT2D eigenvalue weighted by Crippen LogP contribution is -2.05. The van der Waals surface area contributed by atoms with E-state index < -0.39 is 12.2 Å². The average Bonchev–Trinajstić information content (AvgIpc) is 2.45. The SMILES string of the molecule is Cc1cccc(OC(=O)N=NC(=O)Oc2cccc(C)c2)c1. The molecule has 6 heteroatoms. The Morgan fingerprint density at radius 2 is 1.18 bits per heavy atom. The smallest absolute Gasteiger partial charge is 0.408 e.